The fourth-order valence-corrected chi connectivity index (χ4v) is 3.22. The molecule has 2 rings (SSSR count). The van der Waals surface area contributed by atoms with Crippen LogP contribution < -0.4 is 11.1 Å². The predicted octanol–water partition coefficient (Wildman–Crippen LogP) is 2.96. The molecule has 21 heavy (non-hydrogen) atoms. The monoisotopic (exact) mass is 418 g/mol. The smallest absolute Gasteiger partial charge is 0.252 e. The third kappa shape index (κ3) is 3.66. The van der Waals surface area contributed by atoms with Gasteiger partial charge in [0, 0.05) is 5.56 Å². The number of phenolic OH excluding ortho intramolecular Hbond substituents is 1. The van der Waals surface area contributed by atoms with Crippen molar-refractivity contribution in [2.45, 2.75) is 38.1 Å². The lowest BCUT2D eigenvalue weighted by molar-refractivity contribution is 0.0900. The number of rotatable bonds is 3. The topological polar surface area (TPSA) is 75.3 Å². The van der Waals surface area contributed by atoms with Crippen LogP contribution in [0.15, 0.2) is 18.2 Å². The summed E-state index contributed by atoms with van der Waals surface area (Å²) in [6, 6.07) is 4.87. The fraction of sp³-hybridized carbons (Fsp3) is 0.467. The summed E-state index contributed by atoms with van der Waals surface area (Å²) in [5.41, 5.74) is 5.71. The average molecular weight is 418 g/mol. The van der Waals surface area contributed by atoms with E-state index in [1.807, 2.05) is 22.6 Å². The molecule has 0 radical (unpaired) electrons. The molecule has 6 heteroatoms. The number of aromatic hydroxyl groups is 1. The molecule has 0 aliphatic heterocycles. The minimum Gasteiger partial charge on any atom is -0.507 e. The first-order valence-corrected chi connectivity index (χ1v) is 8.44. The van der Waals surface area contributed by atoms with Crippen LogP contribution in [0.4, 0.5) is 0 Å². The molecule has 1 saturated carbocycles. The maximum atomic E-state index is 12.4. The number of nitrogens with two attached hydrogens (primary N) is 1. The summed E-state index contributed by atoms with van der Waals surface area (Å²) < 4.78 is 0.708. The Morgan fingerprint density at radius 1 is 1.48 bits per heavy atom. The van der Waals surface area contributed by atoms with Gasteiger partial charge in [-0.3, -0.25) is 4.79 Å². The molecule has 1 amide bonds. The van der Waals surface area contributed by atoms with Crippen molar-refractivity contribution in [3.05, 3.63) is 27.3 Å². The highest BCUT2D eigenvalue weighted by molar-refractivity contribution is 14.1. The van der Waals surface area contributed by atoms with Crippen LogP contribution in [0, 0.1) is 9.49 Å². The standard InChI is InChI=1S/C15H19IN2O2S/c1-9-4-6-15(7-5-9,14(17)21)18-13(20)10-2-3-11(16)12(19)8-10/h2-3,8-9,19H,4-7H2,1H3,(H2,17,21)(H,18,20). The zero-order valence-corrected chi connectivity index (χ0v) is 14.8. The SMILES string of the molecule is CC1CCC(NC(=O)c2ccc(I)c(O)c2)(C(N)=S)CC1. The largest absolute Gasteiger partial charge is 0.507 e. The van der Waals surface area contributed by atoms with E-state index in [0.717, 1.165) is 25.7 Å². The highest BCUT2D eigenvalue weighted by atomic mass is 127. The Morgan fingerprint density at radius 3 is 2.62 bits per heavy atom. The molecule has 0 unspecified atom stereocenters. The van der Waals surface area contributed by atoms with E-state index in [2.05, 4.69) is 12.2 Å². The van der Waals surface area contributed by atoms with Gasteiger partial charge in [-0.25, -0.2) is 0 Å². The normalized spacial score (nSPS) is 25.3. The van der Waals surface area contributed by atoms with Gasteiger partial charge in [0.1, 0.15) is 5.75 Å². The Hall–Kier alpha value is -0.890. The minimum atomic E-state index is -0.600. The molecule has 1 fully saturated rings. The van der Waals surface area contributed by atoms with E-state index in [1.54, 1.807) is 12.1 Å². The van der Waals surface area contributed by atoms with Crippen LogP contribution >= 0.6 is 34.8 Å². The molecule has 114 valence electrons. The molecule has 1 aliphatic carbocycles. The van der Waals surface area contributed by atoms with Gasteiger partial charge < -0.3 is 16.2 Å². The second-order valence-corrected chi connectivity index (χ2v) is 7.35. The van der Waals surface area contributed by atoms with Crippen molar-refractivity contribution >= 4 is 45.7 Å². The first-order chi connectivity index (χ1) is 9.84. The van der Waals surface area contributed by atoms with Gasteiger partial charge in [0.25, 0.3) is 5.91 Å². The number of carbonyl (C=O) groups is 1. The van der Waals surface area contributed by atoms with E-state index in [-0.39, 0.29) is 11.7 Å². The van der Waals surface area contributed by atoms with E-state index in [0.29, 0.717) is 20.0 Å². The Morgan fingerprint density at radius 2 is 2.10 bits per heavy atom. The summed E-state index contributed by atoms with van der Waals surface area (Å²) in [6.07, 6.45) is 3.53. The molecule has 0 aromatic heterocycles. The van der Waals surface area contributed by atoms with Crippen molar-refractivity contribution in [3.8, 4) is 5.75 Å². The van der Waals surface area contributed by atoms with Crippen molar-refractivity contribution in [1.82, 2.24) is 5.32 Å². The summed E-state index contributed by atoms with van der Waals surface area (Å²) in [5.74, 6) is 0.487. The number of nitrogens with one attached hydrogen (secondary N) is 1. The third-order valence-corrected chi connectivity index (χ3v) is 5.46. The van der Waals surface area contributed by atoms with E-state index in [9.17, 15) is 9.90 Å². The Bertz CT molecular complexity index is 569. The molecule has 0 saturated heterocycles. The zero-order chi connectivity index (χ0) is 15.6. The highest BCUT2D eigenvalue weighted by Crippen LogP contribution is 2.32. The molecule has 0 spiro atoms. The van der Waals surface area contributed by atoms with Gasteiger partial charge in [0.2, 0.25) is 0 Å². The lowest BCUT2D eigenvalue weighted by atomic mass is 9.77. The predicted molar refractivity (Wildman–Crippen MR) is 95.4 cm³/mol. The van der Waals surface area contributed by atoms with Crippen LogP contribution in [0.25, 0.3) is 0 Å². The van der Waals surface area contributed by atoms with Crippen LogP contribution in [0.2, 0.25) is 0 Å². The van der Waals surface area contributed by atoms with Crippen molar-refractivity contribution in [2.75, 3.05) is 0 Å². The number of carbonyl (C=O) groups excluding carboxylic acids is 1. The number of benzene rings is 1. The van der Waals surface area contributed by atoms with E-state index in [4.69, 9.17) is 18.0 Å². The number of halogens is 1. The second-order valence-electron chi connectivity index (χ2n) is 5.75. The fourth-order valence-electron chi connectivity index (χ4n) is 2.63. The first kappa shape index (κ1) is 16.5. The molecule has 0 bridgehead atoms. The molecule has 1 aliphatic rings. The molecule has 0 atom stereocenters. The summed E-state index contributed by atoms with van der Waals surface area (Å²) in [7, 11) is 0. The van der Waals surface area contributed by atoms with Crippen LogP contribution in [0.1, 0.15) is 43.0 Å². The molecule has 4 nitrogen and oxygen atoms in total. The summed E-state index contributed by atoms with van der Waals surface area (Å²) in [4.78, 5) is 12.8. The van der Waals surface area contributed by atoms with E-state index < -0.39 is 5.54 Å². The van der Waals surface area contributed by atoms with Crippen LogP contribution in [-0.2, 0) is 0 Å². The Kier molecular flexibility index (Phi) is 5.08. The first-order valence-electron chi connectivity index (χ1n) is 6.95. The Labute approximate surface area is 143 Å². The van der Waals surface area contributed by atoms with Gasteiger partial charge in [-0.2, -0.15) is 0 Å². The second kappa shape index (κ2) is 6.48. The number of hydrogen-bond acceptors (Lipinski definition) is 3. The molecule has 1 aromatic carbocycles. The summed E-state index contributed by atoms with van der Waals surface area (Å²) >= 11 is 7.21. The van der Waals surface area contributed by atoms with Gasteiger partial charge >= 0.3 is 0 Å². The van der Waals surface area contributed by atoms with Crippen LogP contribution in [0.5, 0.6) is 5.75 Å². The summed E-state index contributed by atoms with van der Waals surface area (Å²) in [5, 5.41) is 12.7. The molecule has 1 aromatic rings. The number of thiocarbonyl (C=S) groups is 1. The number of hydrogen-bond donors (Lipinski definition) is 3. The van der Waals surface area contributed by atoms with Gasteiger partial charge in [-0.1, -0.05) is 19.1 Å². The van der Waals surface area contributed by atoms with Gasteiger partial charge in [-0.05, 0) is 72.4 Å². The van der Waals surface area contributed by atoms with Crippen molar-refractivity contribution in [3.63, 3.8) is 0 Å². The molecule has 0 heterocycles. The van der Waals surface area contributed by atoms with Gasteiger partial charge in [0.05, 0.1) is 14.1 Å². The van der Waals surface area contributed by atoms with Gasteiger partial charge in [-0.15, -0.1) is 0 Å². The van der Waals surface area contributed by atoms with Crippen molar-refractivity contribution < 1.29 is 9.90 Å². The average Bonchev–Trinajstić information content (AvgIpc) is 2.44. The molecular formula is C15H19IN2O2S. The highest BCUT2D eigenvalue weighted by Gasteiger charge is 2.38. The quantitative estimate of drug-likeness (QED) is 0.521. The number of phenols is 1. The van der Waals surface area contributed by atoms with Crippen LogP contribution in [0.3, 0.4) is 0 Å². The maximum Gasteiger partial charge on any atom is 0.252 e. The maximum absolute atomic E-state index is 12.4. The summed E-state index contributed by atoms with van der Waals surface area (Å²) in [6.45, 7) is 2.20. The zero-order valence-electron chi connectivity index (χ0n) is 11.9. The van der Waals surface area contributed by atoms with Crippen molar-refractivity contribution in [1.29, 1.82) is 0 Å². The lowest BCUT2D eigenvalue weighted by Crippen LogP contribution is -2.58. The van der Waals surface area contributed by atoms with Crippen LogP contribution in [-0.4, -0.2) is 21.5 Å². The molecular weight excluding hydrogens is 399 g/mol. The lowest BCUT2D eigenvalue weighted by Gasteiger charge is -2.39. The Balaban J connectivity index is 2.19. The molecule has 4 N–H and O–H groups in total. The van der Waals surface area contributed by atoms with Gasteiger partial charge in [0.15, 0.2) is 0 Å². The minimum absolute atomic E-state index is 0.102. The third-order valence-electron chi connectivity index (χ3n) is 4.16. The van der Waals surface area contributed by atoms with E-state index >= 15 is 0 Å². The number of amides is 1. The van der Waals surface area contributed by atoms with E-state index in [1.165, 1.54) is 6.07 Å². The van der Waals surface area contributed by atoms with Crippen molar-refractivity contribution in [2.24, 2.45) is 11.7 Å².